The maximum Gasteiger partial charge on any atom is 0.182 e. The lowest BCUT2D eigenvalue weighted by Crippen LogP contribution is -2.00. The van der Waals surface area contributed by atoms with Crippen LogP contribution in [0.4, 0.5) is 11.5 Å². The number of fused-ring (bicyclic) bond motifs is 1. The summed E-state index contributed by atoms with van der Waals surface area (Å²) in [6, 6.07) is 11.7. The van der Waals surface area contributed by atoms with Gasteiger partial charge in [-0.3, -0.25) is 10.1 Å². The van der Waals surface area contributed by atoms with Crippen molar-refractivity contribution in [1.82, 2.24) is 25.1 Å². The average Bonchev–Trinajstić information content (AvgIpc) is 3.02. The molecule has 0 bridgehead atoms. The van der Waals surface area contributed by atoms with Crippen LogP contribution in [0.3, 0.4) is 0 Å². The number of para-hydroxylation sites is 1. The molecule has 0 fully saturated rings. The van der Waals surface area contributed by atoms with E-state index in [4.69, 9.17) is 0 Å². The van der Waals surface area contributed by atoms with Gasteiger partial charge in [0.05, 0.1) is 5.52 Å². The second-order valence-corrected chi connectivity index (χ2v) is 5.20. The van der Waals surface area contributed by atoms with Gasteiger partial charge in [-0.25, -0.2) is 9.97 Å². The molecule has 1 aromatic carbocycles. The number of anilines is 2. The molecule has 23 heavy (non-hydrogen) atoms. The highest BCUT2D eigenvalue weighted by molar-refractivity contribution is 5.91. The summed E-state index contributed by atoms with van der Waals surface area (Å²) in [5.74, 6) is 1.35. The van der Waals surface area contributed by atoms with Gasteiger partial charge < -0.3 is 5.32 Å². The summed E-state index contributed by atoms with van der Waals surface area (Å²) in [5.41, 5.74) is 3.61. The molecule has 3 heterocycles. The van der Waals surface area contributed by atoms with Gasteiger partial charge in [0.15, 0.2) is 5.82 Å². The van der Waals surface area contributed by atoms with Crippen LogP contribution >= 0.6 is 0 Å². The first-order valence-electron chi connectivity index (χ1n) is 7.25. The van der Waals surface area contributed by atoms with Gasteiger partial charge in [0.25, 0.3) is 0 Å². The second kappa shape index (κ2) is 5.49. The molecule has 4 rings (SSSR count). The van der Waals surface area contributed by atoms with Crippen LogP contribution in [0.5, 0.6) is 0 Å². The van der Waals surface area contributed by atoms with Crippen molar-refractivity contribution >= 4 is 22.4 Å². The quantitative estimate of drug-likeness (QED) is 0.606. The fraction of sp³-hybridized carbons (Fsp3) is 0.0588. The number of H-pyrrole nitrogens is 1. The Morgan fingerprint density at radius 1 is 1.04 bits per heavy atom. The van der Waals surface area contributed by atoms with E-state index < -0.39 is 0 Å². The number of pyridine rings is 1. The third kappa shape index (κ3) is 2.50. The normalized spacial score (nSPS) is 10.8. The van der Waals surface area contributed by atoms with Gasteiger partial charge in [-0.15, -0.1) is 0 Å². The molecule has 0 spiro atoms. The number of aromatic amines is 1. The Morgan fingerprint density at radius 2 is 1.87 bits per heavy atom. The first kappa shape index (κ1) is 13.4. The van der Waals surface area contributed by atoms with E-state index in [0.29, 0.717) is 5.82 Å². The molecule has 112 valence electrons. The molecule has 0 amide bonds. The minimum Gasteiger partial charge on any atom is -0.340 e. The maximum absolute atomic E-state index is 4.64. The molecule has 6 nitrogen and oxygen atoms in total. The van der Waals surface area contributed by atoms with E-state index in [2.05, 4.69) is 30.5 Å². The zero-order chi connectivity index (χ0) is 15.6. The van der Waals surface area contributed by atoms with Crippen molar-refractivity contribution in [3.05, 3.63) is 60.6 Å². The zero-order valence-electron chi connectivity index (χ0n) is 12.5. The second-order valence-electron chi connectivity index (χ2n) is 5.20. The van der Waals surface area contributed by atoms with Crippen molar-refractivity contribution < 1.29 is 0 Å². The standard InChI is InChI=1S/C17H14N6/c1-11-10-19-17(15-13-4-2-3-5-14(13)22-23-15)21-16(11)20-12-6-8-18-9-7-12/h2-10H,1H3,(H,22,23)(H,18,19,20,21). The lowest BCUT2D eigenvalue weighted by molar-refractivity contribution is 1.07. The summed E-state index contributed by atoms with van der Waals surface area (Å²) in [5, 5.41) is 11.7. The molecule has 0 saturated heterocycles. The monoisotopic (exact) mass is 302 g/mol. The van der Waals surface area contributed by atoms with Gasteiger partial charge in [-0.1, -0.05) is 18.2 Å². The Kier molecular flexibility index (Phi) is 3.20. The number of hydrogen-bond donors (Lipinski definition) is 2. The smallest absolute Gasteiger partial charge is 0.182 e. The Bertz CT molecular complexity index is 961. The fourth-order valence-electron chi connectivity index (χ4n) is 2.39. The number of hydrogen-bond acceptors (Lipinski definition) is 5. The summed E-state index contributed by atoms with van der Waals surface area (Å²) < 4.78 is 0. The van der Waals surface area contributed by atoms with Crippen LogP contribution in [0.15, 0.2) is 55.0 Å². The van der Waals surface area contributed by atoms with Gasteiger partial charge in [-0.05, 0) is 25.1 Å². The molecular formula is C17H14N6. The van der Waals surface area contributed by atoms with Crippen molar-refractivity contribution in [2.45, 2.75) is 6.92 Å². The number of rotatable bonds is 3. The Balaban J connectivity index is 1.77. The predicted octanol–water partition coefficient (Wildman–Crippen LogP) is 3.47. The predicted molar refractivity (Wildman–Crippen MR) is 89.4 cm³/mol. The van der Waals surface area contributed by atoms with E-state index in [1.54, 1.807) is 18.6 Å². The van der Waals surface area contributed by atoms with Gasteiger partial charge >= 0.3 is 0 Å². The van der Waals surface area contributed by atoms with E-state index >= 15 is 0 Å². The highest BCUT2D eigenvalue weighted by Gasteiger charge is 2.12. The largest absolute Gasteiger partial charge is 0.340 e. The third-order valence-electron chi connectivity index (χ3n) is 3.60. The van der Waals surface area contributed by atoms with Crippen LogP contribution in [0, 0.1) is 6.92 Å². The van der Waals surface area contributed by atoms with Crippen molar-refractivity contribution in [1.29, 1.82) is 0 Å². The van der Waals surface area contributed by atoms with E-state index in [9.17, 15) is 0 Å². The van der Waals surface area contributed by atoms with E-state index in [-0.39, 0.29) is 0 Å². The van der Waals surface area contributed by atoms with Crippen molar-refractivity contribution in [3.8, 4) is 11.5 Å². The number of benzene rings is 1. The molecule has 0 aliphatic carbocycles. The molecule has 0 atom stereocenters. The van der Waals surface area contributed by atoms with E-state index in [1.807, 2.05) is 43.3 Å². The van der Waals surface area contributed by atoms with Gasteiger partial charge in [0, 0.05) is 35.2 Å². The molecule has 0 aliphatic heterocycles. The van der Waals surface area contributed by atoms with Crippen LogP contribution in [0.25, 0.3) is 22.4 Å². The minimum atomic E-state index is 0.588. The zero-order valence-corrected chi connectivity index (χ0v) is 12.5. The molecule has 0 saturated carbocycles. The van der Waals surface area contributed by atoms with Crippen LogP contribution in [-0.4, -0.2) is 25.1 Å². The summed E-state index contributed by atoms with van der Waals surface area (Å²) >= 11 is 0. The molecule has 4 aromatic rings. The number of nitrogens with zero attached hydrogens (tertiary/aromatic N) is 4. The van der Waals surface area contributed by atoms with Crippen molar-refractivity contribution in [2.24, 2.45) is 0 Å². The molecule has 3 aromatic heterocycles. The number of aromatic nitrogens is 5. The van der Waals surface area contributed by atoms with Crippen LogP contribution < -0.4 is 5.32 Å². The van der Waals surface area contributed by atoms with Crippen LogP contribution in [0.2, 0.25) is 0 Å². The minimum absolute atomic E-state index is 0.588. The van der Waals surface area contributed by atoms with Gasteiger partial charge in [-0.2, -0.15) is 5.10 Å². The summed E-state index contributed by atoms with van der Waals surface area (Å²) in [6.45, 7) is 1.97. The highest BCUT2D eigenvalue weighted by atomic mass is 15.1. The first-order chi connectivity index (χ1) is 11.3. The lowest BCUT2D eigenvalue weighted by Gasteiger charge is -2.09. The highest BCUT2D eigenvalue weighted by Crippen LogP contribution is 2.25. The summed E-state index contributed by atoms with van der Waals surface area (Å²) in [7, 11) is 0. The maximum atomic E-state index is 4.64. The van der Waals surface area contributed by atoms with Gasteiger partial charge in [0.1, 0.15) is 11.5 Å². The topological polar surface area (TPSA) is 79.4 Å². The van der Waals surface area contributed by atoms with Gasteiger partial charge in [0.2, 0.25) is 0 Å². The number of nitrogens with one attached hydrogen (secondary N) is 2. The molecule has 2 N–H and O–H groups in total. The Morgan fingerprint density at radius 3 is 2.74 bits per heavy atom. The van der Waals surface area contributed by atoms with Crippen molar-refractivity contribution in [2.75, 3.05) is 5.32 Å². The van der Waals surface area contributed by atoms with Crippen LogP contribution in [-0.2, 0) is 0 Å². The average molecular weight is 302 g/mol. The molecule has 0 aliphatic rings. The van der Waals surface area contributed by atoms with Crippen LogP contribution in [0.1, 0.15) is 5.56 Å². The molecular weight excluding hydrogens is 288 g/mol. The van der Waals surface area contributed by atoms with E-state index in [0.717, 1.165) is 33.7 Å². The molecule has 6 heteroatoms. The lowest BCUT2D eigenvalue weighted by atomic mass is 10.2. The van der Waals surface area contributed by atoms with Crippen molar-refractivity contribution in [3.63, 3.8) is 0 Å². The Hall–Kier alpha value is -3.28. The van der Waals surface area contributed by atoms with E-state index in [1.165, 1.54) is 0 Å². The SMILES string of the molecule is Cc1cnc(-c2n[nH]c3ccccc23)nc1Nc1ccncc1. The Labute approximate surface area is 132 Å². The molecule has 0 unspecified atom stereocenters. The first-order valence-corrected chi connectivity index (χ1v) is 7.25. The summed E-state index contributed by atoms with van der Waals surface area (Å²) in [4.78, 5) is 13.1. The summed E-state index contributed by atoms with van der Waals surface area (Å²) in [6.07, 6.45) is 5.28. The molecule has 0 radical (unpaired) electrons. The number of aryl methyl sites for hydroxylation is 1. The fourth-order valence-corrected chi connectivity index (χ4v) is 2.39. The third-order valence-corrected chi connectivity index (χ3v) is 3.60.